The van der Waals surface area contributed by atoms with Gasteiger partial charge in [0.15, 0.2) is 5.17 Å². The van der Waals surface area contributed by atoms with E-state index in [1.807, 2.05) is 38.3 Å². The van der Waals surface area contributed by atoms with Gasteiger partial charge in [0.05, 0.1) is 11.4 Å². The number of aryl methyl sites for hydroxylation is 1. The number of nitrogens with zero attached hydrogens (tertiary/aromatic N) is 3. The van der Waals surface area contributed by atoms with E-state index in [1.165, 1.54) is 6.07 Å². The topological polar surface area (TPSA) is 41.7 Å². The van der Waals surface area contributed by atoms with Gasteiger partial charge in [0.1, 0.15) is 5.82 Å². The molecule has 2 aromatic rings. The molecule has 1 aromatic carbocycles. The van der Waals surface area contributed by atoms with E-state index in [1.54, 1.807) is 23.9 Å². The summed E-state index contributed by atoms with van der Waals surface area (Å²) < 4.78 is 16.1. The Labute approximate surface area is 145 Å². The predicted octanol–water partition coefficient (Wildman–Crippen LogP) is 4.04. The van der Waals surface area contributed by atoms with E-state index < -0.39 is 0 Å². The summed E-state index contributed by atoms with van der Waals surface area (Å²) in [6.45, 7) is 8.06. The van der Waals surface area contributed by atoms with Crippen LogP contribution in [0.1, 0.15) is 30.8 Å². The van der Waals surface area contributed by atoms with Gasteiger partial charge in [-0.2, -0.15) is 5.10 Å². The van der Waals surface area contributed by atoms with Gasteiger partial charge in [-0.25, -0.2) is 4.39 Å². The summed E-state index contributed by atoms with van der Waals surface area (Å²) in [5, 5.41) is 5.32. The second-order valence-electron chi connectivity index (χ2n) is 6.06. The maximum absolute atomic E-state index is 14.2. The summed E-state index contributed by atoms with van der Waals surface area (Å²) in [4.78, 5) is 4.48. The number of aliphatic imine (C=N–C) groups is 1. The Morgan fingerprint density at radius 3 is 2.67 bits per heavy atom. The Morgan fingerprint density at radius 1 is 1.29 bits per heavy atom. The minimum Gasteiger partial charge on any atom is -0.315 e. The monoisotopic (exact) mass is 344 g/mol. The molecule has 0 fully saturated rings. The van der Waals surface area contributed by atoms with Crippen molar-refractivity contribution in [2.75, 3.05) is 5.75 Å². The number of amidine groups is 1. The Bertz CT molecular complexity index is 820. The van der Waals surface area contributed by atoms with Crippen LogP contribution in [0.2, 0.25) is 0 Å². The van der Waals surface area contributed by atoms with Crippen LogP contribution < -0.4 is 5.43 Å². The van der Waals surface area contributed by atoms with Crippen LogP contribution in [-0.2, 0) is 0 Å². The summed E-state index contributed by atoms with van der Waals surface area (Å²) in [7, 11) is 0. The second kappa shape index (κ2) is 6.81. The van der Waals surface area contributed by atoms with Gasteiger partial charge in [0.25, 0.3) is 0 Å². The zero-order valence-corrected chi connectivity index (χ0v) is 15.1. The van der Waals surface area contributed by atoms with Crippen molar-refractivity contribution >= 4 is 22.6 Å². The third kappa shape index (κ3) is 3.24. The van der Waals surface area contributed by atoms with Crippen LogP contribution in [0, 0.1) is 19.7 Å². The van der Waals surface area contributed by atoms with Crippen LogP contribution >= 0.6 is 11.8 Å². The molecule has 0 saturated heterocycles. The molecule has 0 atom stereocenters. The molecule has 1 aromatic heterocycles. The lowest BCUT2D eigenvalue weighted by atomic mass is 10.1. The molecule has 3 rings (SSSR count). The van der Waals surface area contributed by atoms with Crippen LogP contribution in [0.5, 0.6) is 0 Å². The third-order valence-corrected chi connectivity index (χ3v) is 4.73. The summed E-state index contributed by atoms with van der Waals surface area (Å²) in [6, 6.07) is 9.13. The standard InChI is InChI=1S/C18H21FN4S/c1-11(2)20-18-22-21-16(10-24-18)14-9-12(3)23(13(14)4)17-8-6-5-7-15(17)19/h5-9,11H,10H2,1-4H3,(H,20,22). The average molecular weight is 344 g/mol. The lowest BCUT2D eigenvalue weighted by Gasteiger charge is -2.16. The van der Waals surface area contributed by atoms with Gasteiger partial charge in [-0.3, -0.25) is 10.4 Å². The van der Waals surface area contributed by atoms with Gasteiger partial charge in [-0.15, -0.1) is 0 Å². The largest absolute Gasteiger partial charge is 0.315 e. The molecular formula is C18H21FN4S. The highest BCUT2D eigenvalue weighted by molar-refractivity contribution is 8.14. The molecule has 24 heavy (non-hydrogen) atoms. The van der Waals surface area contributed by atoms with Crippen LogP contribution in [0.15, 0.2) is 40.4 Å². The molecule has 4 nitrogen and oxygen atoms in total. The number of hydrogen-bond acceptors (Lipinski definition) is 3. The molecule has 2 heterocycles. The van der Waals surface area contributed by atoms with Crippen molar-refractivity contribution in [1.82, 2.24) is 9.99 Å². The quantitative estimate of drug-likeness (QED) is 0.913. The Kier molecular flexibility index (Phi) is 4.76. The Hall–Kier alpha value is -2.08. The summed E-state index contributed by atoms with van der Waals surface area (Å²) >= 11 is 1.64. The second-order valence-corrected chi connectivity index (χ2v) is 7.02. The van der Waals surface area contributed by atoms with Crippen molar-refractivity contribution < 1.29 is 4.39 Å². The third-order valence-electron chi connectivity index (χ3n) is 3.84. The molecule has 0 aliphatic carbocycles. The predicted molar refractivity (Wildman–Crippen MR) is 99.9 cm³/mol. The minimum atomic E-state index is -0.227. The summed E-state index contributed by atoms with van der Waals surface area (Å²) in [6.07, 6.45) is 0. The molecule has 1 N–H and O–H groups in total. The van der Waals surface area contributed by atoms with Gasteiger partial charge < -0.3 is 4.57 Å². The number of halogens is 1. The number of benzene rings is 1. The number of nitrogens with one attached hydrogen (secondary N) is 1. The van der Waals surface area contributed by atoms with Gasteiger partial charge in [-0.1, -0.05) is 23.9 Å². The van der Waals surface area contributed by atoms with Gasteiger partial charge in [0, 0.05) is 28.7 Å². The maximum atomic E-state index is 14.2. The van der Waals surface area contributed by atoms with Crippen molar-refractivity contribution in [1.29, 1.82) is 0 Å². The number of rotatable bonds is 3. The number of thioether (sulfide) groups is 1. The highest BCUT2D eigenvalue weighted by Crippen LogP contribution is 2.25. The number of hydrogen-bond donors (Lipinski definition) is 1. The first-order valence-electron chi connectivity index (χ1n) is 7.94. The zero-order valence-electron chi connectivity index (χ0n) is 14.3. The van der Waals surface area contributed by atoms with E-state index in [2.05, 4.69) is 21.6 Å². The van der Waals surface area contributed by atoms with Crippen LogP contribution in [0.3, 0.4) is 0 Å². The van der Waals surface area contributed by atoms with Crippen molar-refractivity contribution in [3.8, 4) is 5.69 Å². The molecule has 1 aliphatic heterocycles. The fourth-order valence-corrected chi connectivity index (χ4v) is 3.70. The highest BCUT2D eigenvalue weighted by atomic mass is 32.2. The molecular weight excluding hydrogens is 323 g/mol. The molecule has 0 unspecified atom stereocenters. The van der Waals surface area contributed by atoms with E-state index in [9.17, 15) is 4.39 Å². The Morgan fingerprint density at radius 2 is 2.04 bits per heavy atom. The normalized spacial score (nSPS) is 16.4. The summed E-state index contributed by atoms with van der Waals surface area (Å²) in [5.41, 5.74) is 7.57. The molecule has 0 spiro atoms. The summed E-state index contributed by atoms with van der Waals surface area (Å²) in [5.74, 6) is 0.524. The molecule has 0 bridgehead atoms. The van der Waals surface area contributed by atoms with Crippen molar-refractivity contribution in [3.63, 3.8) is 0 Å². The van der Waals surface area contributed by atoms with Crippen molar-refractivity contribution in [3.05, 3.63) is 53.1 Å². The van der Waals surface area contributed by atoms with Gasteiger partial charge in [0.2, 0.25) is 0 Å². The fraction of sp³-hybridized carbons (Fsp3) is 0.333. The molecule has 1 aliphatic rings. The minimum absolute atomic E-state index is 0.227. The molecule has 6 heteroatoms. The average Bonchev–Trinajstić information content (AvgIpc) is 2.83. The molecule has 0 amide bonds. The number of para-hydroxylation sites is 1. The van der Waals surface area contributed by atoms with E-state index in [0.717, 1.165) is 33.6 Å². The van der Waals surface area contributed by atoms with Crippen LogP contribution in [0.25, 0.3) is 5.69 Å². The van der Waals surface area contributed by atoms with E-state index in [0.29, 0.717) is 5.69 Å². The number of hydrazone groups is 1. The van der Waals surface area contributed by atoms with Crippen molar-refractivity contribution in [2.45, 2.75) is 33.7 Å². The fourth-order valence-electron chi connectivity index (χ4n) is 2.81. The molecule has 126 valence electrons. The molecule has 0 radical (unpaired) electrons. The van der Waals surface area contributed by atoms with Crippen molar-refractivity contribution in [2.24, 2.45) is 10.1 Å². The number of aromatic nitrogens is 1. The zero-order chi connectivity index (χ0) is 17.3. The lowest BCUT2D eigenvalue weighted by Crippen LogP contribution is -2.26. The Balaban J connectivity index is 1.96. The molecule has 0 saturated carbocycles. The van der Waals surface area contributed by atoms with E-state index in [4.69, 9.17) is 0 Å². The lowest BCUT2D eigenvalue weighted by molar-refractivity contribution is 0.616. The van der Waals surface area contributed by atoms with Gasteiger partial charge in [-0.05, 0) is 45.9 Å². The van der Waals surface area contributed by atoms with Gasteiger partial charge >= 0.3 is 0 Å². The first-order valence-corrected chi connectivity index (χ1v) is 8.93. The smallest absolute Gasteiger partial charge is 0.177 e. The van der Waals surface area contributed by atoms with E-state index >= 15 is 0 Å². The first kappa shape index (κ1) is 16.8. The van der Waals surface area contributed by atoms with E-state index in [-0.39, 0.29) is 11.9 Å². The highest BCUT2D eigenvalue weighted by Gasteiger charge is 2.20. The SMILES string of the molecule is Cc1cc(C2=NNC(=NC(C)C)SC2)c(C)n1-c1ccccc1F. The first-order chi connectivity index (χ1) is 11.5. The van der Waals surface area contributed by atoms with Crippen LogP contribution in [-0.4, -0.2) is 27.2 Å². The maximum Gasteiger partial charge on any atom is 0.177 e. The van der Waals surface area contributed by atoms with Crippen LogP contribution in [0.4, 0.5) is 4.39 Å².